The Labute approximate surface area is 123 Å². The van der Waals surface area contributed by atoms with Crippen LogP contribution >= 0.6 is 0 Å². The Kier molecular flexibility index (Phi) is 11.8. The van der Waals surface area contributed by atoms with Crippen LogP contribution in [0.25, 0.3) is 0 Å². The van der Waals surface area contributed by atoms with E-state index in [0.29, 0.717) is 6.61 Å². The van der Waals surface area contributed by atoms with Crippen molar-refractivity contribution in [3.63, 3.8) is 0 Å². The van der Waals surface area contributed by atoms with E-state index in [-0.39, 0.29) is 0 Å². The van der Waals surface area contributed by atoms with Gasteiger partial charge in [0.05, 0.1) is 13.2 Å². The van der Waals surface area contributed by atoms with E-state index in [1.807, 2.05) is 0 Å². The monoisotopic (exact) mass is 288 g/mol. The number of carbonyl (C=O) groups is 1. The van der Waals surface area contributed by atoms with Crippen LogP contribution in [-0.4, -0.2) is 35.0 Å². The standard InChI is InChI=1S/C16H32O4/c1-3-4-5-6-7-8-9-10-11-12-13-20-15(18)16(2,19)14-17/h17,19H,3-14H2,1-2H3. The molecule has 1 atom stereocenters. The maximum absolute atomic E-state index is 11.3. The molecule has 0 aromatic rings. The number of aliphatic hydroxyl groups is 2. The summed E-state index contributed by atoms with van der Waals surface area (Å²) in [5.41, 5.74) is -1.77. The smallest absolute Gasteiger partial charge is 0.340 e. The first-order valence-electron chi connectivity index (χ1n) is 8.05. The van der Waals surface area contributed by atoms with Gasteiger partial charge in [0.25, 0.3) is 0 Å². The fourth-order valence-electron chi connectivity index (χ4n) is 1.97. The second kappa shape index (κ2) is 12.2. The van der Waals surface area contributed by atoms with Gasteiger partial charge in [-0.1, -0.05) is 64.7 Å². The summed E-state index contributed by atoms with van der Waals surface area (Å²) in [5, 5.41) is 18.2. The molecular weight excluding hydrogens is 256 g/mol. The number of carbonyl (C=O) groups excluding carboxylic acids is 1. The molecule has 4 heteroatoms. The van der Waals surface area contributed by atoms with Crippen LogP contribution in [0.1, 0.15) is 78.1 Å². The molecular formula is C16H32O4. The molecule has 4 nitrogen and oxygen atoms in total. The van der Waals surface area contributed by atoms with Crippen LogP contribution < -0.4 is 0 Å². The molecule has 0 aromatic carbocycles. The highest BCUT2D eigenvalue weighted by atomic mass is 16.6. The molecule has 0 amide bonds. The van der Waals surface area contributed by atoms with E-state index in [0.717, 1.165) is 12.8 Å². The van der Waals surface area contributed by atoms with Crippen molar-refractivity contribution in [2.24, 2.45) is 0 Å². The van der Waals surface area contributed by atoms with Crippen molar-refractivity contribution >= 4 is 5.97 Å². The SMILES string of the molecule is CCCCCCCCCCCCOC(=O)C(C)(O)CO. The maximum Gasteiger partial charge on any atom is 0.340 e. The van der Waals surface area contributed by atoms with Crippen molar-refractivity contribution in [3.05, 3.63) is 0 Å². The van der Waals surface area contributed by atoms with E-state index in [1.54, 1.807) is 0 Å². The van der Waals surface area contributed by atoms with Crippen LogP contribution in [0.15, 0.2) is 0 Å². The molecule has 0 aliphatic rings. The predicted octanol–water partition coefficient (Wildman–Crippen LogP) is 3.19. The minimum Gasteiger partial charge on any atom is -0.464 e. The number of esters is 1. The molecule has 0 aliphatic heterocycles. The molecule has 0 fully saturated rings. The number of rotatable bonds is 13. The third-order valence-corrected chi connectivity index (χ3v) is 3.48. The summed E-state index contributed by atoms with van der Waals surface area (Å²) >= 11 is 0. The molecule has 2 N–H and O–H groups in total. The van der Waals surface area contributed by atoms with Crippen molar-refractivity contribution < 1.29 is 19.7 Å². The Bertz CT molecular complexity index is 239. The number of hydrogen-bond acceptors (Lipinski definition) is 4. The summed E-state index contributed by atoms with van der Waals surface area (Å²) in [4.78, 5) is 11.3. The van der Waals surface area contributed by atoms with E-state index < -0.39 is 18.2 Å². The lowest BCUT2D eigenvalue weighted by Gasteiger charge is -2.18. The highest BCUT2D eigenvalue weighted by molar-refractivity contribution is 5.78. The Hall–Kier alpha value is -0.610. The van der Waals surface area contributed by atoms with Crippen LogP contribution in [0, 0.1) is 0 Å². The van der Waals surface area contributed by atoms with Crippen LogP contribution in [0.3, 0.4) is 0 Å². The molecule has 0 aromatic heterocycles. The van der Waals surface area contributed by atoms with Gasteiger partial charge in [-0.2, -0.15) is 0 Å². The van der Waals surface area contributed by atoms with Crippen molar-refractivity contribution in [2.75, 3.05) is 13.2 Å². The summed E-state index contributed by atoms with van der Waals surface area (Å²) in [6.07, 6.45) is 12.3. The lowest BCUT2D eigenvalue weighted by molar-refractivity contribution is -0.167. The molecule has 0 aliphatic carbocycles. The summed E-state index contributed by atoms with van der Waals surface area (Å²) in [5.74, 6) is -0.740. The molecule has 0 heterocycles. The molecule has 0 saturated carbocycles. The lowest BCUT2D eigenvalue weighted by atomic mass is 10.1. The van der Waals surface area contributed by atoms with Crippen molar-refractivity contribution in [3.8, 4) is 0 Å². The summed E-state index contributed by atoms with van der Waals surface area (Å²) in [6, 6.07) is 0. The lowest BCUT2D eigenvalue weighted by Crippen LogP contribution is -2.40. The van der Waals surface area contributed by atoms with Gasteiger partial charge in [0.15, 0.2) is 5.60 Å². The number of unbranched alkanes of at least 4 members (excludes halogenated alkanes) is 9. The van der Waals surface area contributed by atoms with Crippen molar-refractivity contribution in [2.45, 2.75) is 83.7 Å². The highest BCUT2D eigenvalue weighted by Gasteiger charge is 2.30. The Balaban J connectivity index is 3.27. The van der Waals surface area contributed by atoms with Gasteiger partial charge in [-0.25, -0.2) is 4.79 Å². The number of hydrogen-bond donors (Lipinski definition) is 2. The third kappa shape index (κ3) is 10.2. The predicted molar refractivity (Wildman–Crippen MR) is 80.5 cm³/mol. The molecule has 120 valence electrons. The summed E-state index contributed by atoms with van der Waals surface area (Å²) in [6.45, 7) is 3.20. The average molecular weight is 288 g/mol. The summed E-state index contributed by atoms with van der Waals surface area (Å²) < 4.78 is 4.92. The molecule has 0 spiro atoms. The van der Waals surface area contributed by atoms with E-state index in [9.17, 15) is 9.90 Å². The van der Waals surface area contributed by atoms with Crippen molar-refractivity contribution in [1.82, 2.24) is 0 Å². The zero-order chi connectivity index (χ0) is 15.3. The fourth-order valence-corrected chi connectivity index (χ4v) is 1.97. The average Bonchev–Trinajstić information content (AvgIpc) is 2.44. The van der Waals surface area contributed by atoms with Gasteiger partial charge in [-0.05, 0) is 13.3 Å². The van der Waals surface area contributed by atoms with Crippen LogP contribution in [0.2, 0.25) is 0 Å². The first-order valence-corrected chi connectivity index (χ1v) is 8.05. The third-order valence-electron chi connectivity index (χ3n) is 3.48. The van der Waals surface area contributed by atoms with Gasteiger partial charge in [-0.3, -0.25) is 0 Å². The van der Waals surface area contributed by atoms with E-state index >= 15 is 0 Å². The largest absolute Gasteiger partial charge is 0.464 e. The zero-order valence-electron chi connectivity index (χ0n) is 13.2. The normalized spacial score (nSPS) is 14.0. The van der Waals surface area contributed by atoms with Gasteiger partial charge in [0, 0.05) is 0 Å². The quantitative estimate of drug-likeness (QED) is 0.403. The Morgan fingerprint density at radius 1 is 0.950 bits per heavy atom. The van der Waals surface area contributed by atoms with Crippen molar-refractivity contribution in [1.29, 1.82) is 0 Å². The fraction of sp³-hybridized carbons (Fsp3) is 0.938. The molecule has 20 heavy (non-hydrogen) atoms. The van der Waals surface area contributed by atoms with Crippen LogP contribution in [0.4, 0.5) is 0 Å². The molecule has 0 bridgehead atoms. The van der Waals surface area contributed by atoms with Gasteiger partial charge in [0.2, 0.25) is 0 Å². The second-order valence-corrected chi connectivity index (χ2v) is 5.75. The van der Waals surface area contributed by atoms with Gasteiger partial charge < -0.3 is 14.9 Å². The van der Waals surface area contributed by atoms with Gasteiger partial charge in [0.1, 0.15) is 0 Å². The number of aliphatic hydroxyl groups excluding tert-OH is 1. The van der Waals surface area contributed by atoms with E-state index in [4.69, 9.17) is 9.84 Å². The topological polar surface area (TPSA) is 66.8 Å². The maximum atomic E-state index is 11.3. The molecule has 0 radical (unpaired) electrons. The van der Waals surface area contributed by atoms with Gasteiger partial charge in [-0.15, -0.1) is 0 Å². The molecule has 0 rings (SSSR count). The van der Waals surface area contributed by atoms with Crippen LogP contribution in [-0.2, 0) is 9.53 Å². The minimum atomic E-state index is -1.77. The van der Waals surface area contributed by atoms with E-state index in [1.165, 1.54) is 58.3 Å². The Morgan fingerprint density at radius 3 is 1.85 bits per heavy atom. The zero-order valence-corrected chi connectivity index (χ0v) is 13.2. The first kappa shape index (κ1) is 19.4. The first-order chi connectivity index (χ1) is 9.54. The molecule has 1 unspecified atom stereocenters. The minimum absolute atomic E-state index is 0.325. The molecule has 0 saturated heterocycles. The Morgan fingerprint density at radius 2 is 1.40 bits per heavy atom. The number of ether oxygens (including phenoxy) is 1. The summed E-state index contributed by atoms with van der Waals surface area (Å²) in [7, 11) is 0. The van der Waals surface area contributed by atoms with Crippen LogP contribution in [0.5, 0.6) is 0 Å². The van der Waals surface area contributed by atoms with Gasteiger partial charge >= 0.3 is 5.97 Å². The second-order valence-electron chi connectivity index (χ2n) is 5.75. The highest BCUT2D eigenvalue weighted by Crippen LogP contribution is 2.11. The van der Waals surface area contributed by atoms with E-state index in [2.05, 4.69) is 6.92 Å².